The van der Waals surface area contributed by atoms with E-state index >= 15 is 0 Å². The van der Waals surface area contributed by atoms with E-state index in [1.807, 2.05) is 20.0 Å². The molecule has 188 valence electrons. The Morgan fingerprint density at radius 3 is 2.32 bits per heavy atom. The fraction of sp³-hybridized carbons (Fsp3) is 0.185. The van der Waals surface area contributed by atoms with Crippen LogP contribution < -0.4 is 5.32 Å². The molecule has 1 N–H and O–H groups in total. The topological polar surface area (TPSA) is 84.3 Å². The number of halogens is 2. The highest BCUT2D eigenvalue weighted by molar-refractivity contribution is 9.10. The van der Waals surface area contributed by atoms with Gasteiger partial charge in [0.25, 0.3) is 17.7 Å². The van der Waals surface area contributed by atoms with Crippen LogP contribution in [0, 0.1) is 12.7 Å². The zero-order chi connectivity index (χ0) is 26.3. The predicted molar refractivity (Wildman–Crippen MR) is 142 cm³/mol. The third-order valence-corrected chi connectivity index (χ3v) is 7.93. The maximum Gasteiger partial charge on any atom is 0.261 e. The Labute approximate surface area is 225 Å². The highest BCUT2D eigenvalue weighted by Gasteiger charge is 2.36. The van der Waals surface area contributed by atoms with Gasteiger partial charge in [0.05, 0.1) is 38.4 Å². The SMILES string of the molecule is Cc1sc(C(=O)N[C@@H](Cc2ccc(F)cc2)CN2C(=O)c3ccccc3C2=O)cc1-c1c(Br)cnn1C. The summed E-state index contributed by atoms with van der Waals surface area (Å²) >= 11 is 4.86. The molecule has 3 heterocycles. The van der Waals surface area contributed by atoms with Gasteiger partial charge in [-0.1, -0.05) is 24.3 Å². The van der Waals surface area contributed by atoms with Crippen molar-refractivity contribution in [2.24, 2.45) is 7.05 Å². The second-order valence-electron chi connectivity index (χ2n) is 8.81. The summed E-state index contributed by atoms with van der Waals surface area (Å²) in [5, 5.41) is 7.26. The van der Waals surface area contributed by atoms with Crippen LogP contribution >= 0.6 is 27.3 Å². The summed E-state index contributed by atoms with van der Waals surface area (Å²) in [7, 11) is 1.83. The lowest BCUT2D eigenvalue weighted by atomic mass is 10.0. The molecule has 4 aromatic rings. The number of hydrogen-bond donors (Lipinski definition) is 1. The predicted octanol–water partition coefficient (Wildman–Crippen LogP) is 5.00. The standard InChI is InChI=1S/C27H22BrFN4O3S/c1-15-21(24-22(28)13-30-32(24)2)12-23(37-15)25(34)31-18(11-16-7-9-17(29)10-8-16)14-33-26(35)19-5-3-4-6-20(19)27(33)36/h3-10,12-13,18H,11,14H2,1-2H3,(H,31,34)/t18-/m0/s1. The highest BCUT2D eigenvalue weighted by Crippen LogP contribution is 2.35. The minimum Gasteiger partial charge on any atom is -0.346 e. The van der Waals surface area contributed by atoms with E-state index in [-0.39, 0.29) is 18.3 Å². The van der Waals surface area contributed by atoms with Crippen LogP contribution in [0.25, 0.3) is 11.3 Å². The maximum atomic E-state index is 13.5. The molecule has 10 heteroatoms. The van der Waals surface area contributed by atoms with Gasteiger partial charge in [-0.3, -0.25) is 24.0 Å². The molecule has 3 amide bonds. The zero-order valence-electron chi connectivity index (χ0n) is 20.0. The van der Waals surface area contributed by atoms with Crippen molar-refractivity contribution in [1.29, 1.82) is 0 Å². The summed E-state index contributed by atoms with van der Waals surface area (Å²) in [6, 6.07) is 13.8. The van der Waals surface area contributed by atoms with Crippen molar-refractivity contribution in [1.82, 2.24) is 20.0 Å². The van der Waals surface area contributed by atoms with Crippen LogP contribution in [0.2, 0.25) is 0 Å². The lowest BCUT2D eigenvalue weighted by Crippen LogP contribution is -2.46. The van der Waals surface area contributed by atoms with E-state index < -0.39 is 17.9 Å². The maximum absolute atomic E-state index is 13.5. The summed E-state index contributed by atoms with van der Waals surface area (Å²) < 4.78 is 16.0. The van der Waals surface area contributed by atoms with Crippen LogP contribution in [0.5, 0.6) is 0 Å². The number of benzene rings is 2. The second-order valence-corrected chi connectivity index (χ2v) is 10.9. The number of imide groups is 1. The van der Waals surface area contributed by atoms with Gasteiger partial charge in [-0.15, -0.1) is 11.3 Å². The van der Waals surface area contributed by atoms with Gasteiger partial charge < -0.3 is 5.32 Å². The fourth-order valence-corrected chi connectivity index (χ4v) is 5.98. The zero-order valence-corrected chi connectivity index (χ0v) is 22.4. The molecule has 0 aliphatic carbocycles. The monoisotopic (exact) mass is 580 g/mol. The Morgan fingerprint density at radius 1 is 1.08 bits per heavy atom. The average Bonchev–Trinajstić information content (AvgIpc) is 3.50. The fourth-order valence-electron chi connectivity index (χ4n) is 4.49. The third kappa shape index (κ3) is 4.86. The highest BCUT2D eigenvalue weighted by atomic mass is 79.9. The van der Waals surface area contributed by atoms with Crippen molar-refractivity contribution < 1.29 is 18.8 Å². The number of nitrogens with zero attached hydrogens (tertiary/aromatic N) is 3. The number of aromatic nitrogens is 2. The number of hydrogen-bond acceptors (Lipinski definition) is 5. The smallest absolute Gasteiger partial charge is 0.261 e. The van der Waals surface area contributed by atoms with Crippen LogP contribution in [0.15, 0.2) is 65.3 Å². The number of carbonyl (C=O) groups excluding carboxylic acids is 3. The number of amides is 3. The minimum atomic E-state index is -0.588. The summed E-state index contributed by atoms with van der Waals surface area (Å²) in [4.78, 5) is 41.9. The number of aryl methyl sites for hydroxylation is 2. The van der Waals surface area contributed by atoms with Crippen LogP contribution in [-0.2, 0) is 13.5 Å². The summed E-state index contributed by atoms with van der Waals surface area (Å²) in [6.07, 6.45) is 2.01. The van der Waals surface area contributed by atoms with Crippen molar-refractivity contribution in [2.45, 2.75) is 19.4 Å². The molecule has 0 bridgehead atoms. The Balaban J connectivity index is 1.41. The Kier molecular flexibility index (Phi) is 6.78. The first kappa shape index (κ1) is 25.0. The molecule has 2 aromatic carbocycles. The van der Waals surface area contributed by atoms with Crippen molar-refractivity contribution in [3.8, 4) is 11.3 Å². The molecule has 0 saturated heterocycles. The lowest BCUT2D eigenvalue weighted by molar-refractivity contribution is 0.0629. The van der Waals surface area contributed by atoms with Crippen LogP contribution in [0.1, 0.15) is 40.8 Å². The molecule has 7 nitrogen and oxygen atoms in total. The molecule has 1 aliphatic heterocycles. The second kappa shape index (κ2) is 10.0. The Morgan fingerprint density at radius 2 is 1.73 bits per heavy atom. The molecular weight excluding hydrogens is 559 g/mol. The normalized spacial score (nSPS) is 13.7. The summed E-state index contributed by atoms with van der Waals surface area (Å²) in [5.74, 6) is -1.47. The van der Waals surface area contributed by atoms with Gasteiger partial charge in [0.15, 0.2) is 0 Å². The number of rotatable bonds is 7. The quantitative estimate of drug-likeness (QED) is 0.312. The number of fused-ring (bicyclic) bond motifs is 1. The molecule has 1 atom stereocenters. The van der Waals surface area contributed by atoms with Gasteiger partial charge >= 0.3 is 0 Å². The van der Waals surface area contributed by atoms with Gasteiger partial charge in [-0.25, -0.2) is 4.39 Å². The molecule has 2 aromatic heterocycles. The van der Waals surface area contributed by atoms with Crippen molar-refractivity contribution >= 4 is 45.0 Å². The molecule has 0 fully saturated rings. The van der Waals surface area contributed by atoms with E-state index in [2.05, 4.69) is 26.3 Å². The van der Waals surface area contributed by atoms with E-state index in [0.717, 1.165) is 31.1 Å². The Hall–Kier alpha value is -3.63. The third-order valence-electron chi connectivity index (χ3n) is 6.30. The van der Waals surface area contributed by atoms with Crippen LogP contribution in [-0.4, -0.2) is 45.0 Å². The van der Waals surface area contributed by atoms with Crippen molar-refractivity contribution in [3.05, 3.63) is 97.5 Å². The van der Waals surface area contributed by atoms with Gasteiger partial charge in [0.1, 0.15) is 5.82 Å². The molecular formula is C27H22BrFN4O3S. The van der Waals surface area contributed by atoms with Gasteiger partial charge in [0, 0.05) is 24.0 Å². The lowest BCUT2D eigenvalue weighted by Gasteiger charge is -2.24. The van der Waals surface area contributed by atoms with Gasteiger partial charge in [0.2, 0.25) is 0 Å². The summed E-state index contributed by atoms with van der Waals surface area (Å²) in [6.45, 7) is 1.92. The molecule has 1 aliphatic rings. The van der Waals surface area contributed by atoms with Crippen LogP contribution in [0.3, 0.4) is 0 Å². The first-order valence-electron chi connectivity index (χ1n) is 11.5. The number of carbonyl (C=O) groups is 3. The largest absolute Gasteiger partial charge is 0.346 e. The minimum absolute atomic E-state index is 0.0139. The molecule has 0 unspecified atom stereocenters. The number of thiophene rings is 1. The molecule has 0 spiro atoms. The molecule has 37 heavy (non-hydrogen) atoms. The summed E-state index contributed by atoms with van der Waals surface area (Å²) in [5.41, 5.74) is 3.21. The molecule has 5 rings (SSSR count). The first-order chi connectivity index (χ1) is 17.7. The van der Waals surface area contributed by atoms with E-state index in [4.69, 9.17) is 0 Å². The van der Waals surface area contributed by atoms with Gasteiger partial charge in [-0.05, 0) is 65.2 Å². The Bertz CT molecular complexity index is 1470. The van der Waals surface area contributed by atoms with E-state index in [0.29, 0.717) is 22.4 Å². The van der Waals surface area contributed by atoms with E-state index in [1.54, 1.807) is 47.3 Å². The van der Waals surface area contributed by atoms with Crippen molar-refractivity contribution in [3.63, 3.8) is 0 Å². The average molecular weight is 581 g/mol. The first-order valence-corrected chi connectivity index (χ1v) is 13.1. The number of nitrogens with one attached hydrogen (secondary N) is 1. The molecule has 0 radical (unpaired) electrons. The van der Waals surface area contributed by atoms with Crippen molar-refractivity contribution in [2.75, 3.05) is 6.54 Å². The van der Waals surface area contributed by atoms with E-state index in [9.17, 15) is 18.8 Å². The van der Waals surface area contributed by atoms with Gasteiger partial charge in [-0.2, -0.15) is 5.10 Å². The van der Waals surface area contributed by atoms with Crippen LogP contribution in [0.4, 0.5) is 4.39 Å². The molecule has 0 saturated carbocycles. The van der Waals surface area contributed by atoms with E-state index in [1.165, 1.54) is 23.5 Å².